The summed E-state index contributed by atoms with van der Waals surface area (Å²) < 4.78 is 2.08. The van der Waals surface area contributed by atoms with E-state index in [-0.39, 0.29) is 6.04 Å². The van der Waals surface area contributed by atoms with Gasteiger partial charge in [-0.15, -0.1) is 0 Å². The van der Waals surface area contributed by atoms with E-state index in [0.717, 1.165) is 11.4 Å². The van der Waals surface area contributed by atoms with Crippen LogP contribution in [-0.4, -0.2) is 11.1 Å². The van der Waals surface area contributed by atoms with Crippen molar-refractivity contribution in [3.63, 3.8) is 0 Å². The molecular weight excluding hydrogens is 198 g/mol. The van der Waals surface area contributed by atoms with Crippen molar-refractivity contribution in [3.8, 4) is 5.69 Å². The monoisotopic (exact) mass is 215 g/mol. The summed E-state index contributed by atoms with van der Waals surface area (Å²) >= 11 is 0. The highest BCUT2D eigenvalue weighted by Crippen LogP contribution is 2.17. The molecule has 3 heteroatoms. The molecule has 0 saturated heterocycles. The first-order valence-corrected chi connectivity index (χ1v) is 5.42. The lowest BCUT2D eigenvalue weighted by Gasteiger charge is -2.14. The van der Waals surface area contributed by atoms with E-state index in [0.29, 0.717) is 6.54 Å². The summed E-state index contributed by atoms with van der Waals surface area (Å²) in [5.74, 6) is 0. The Balaban J connectivity index is 2.40. The van der Waals surface area contributed by atoms with Crippen molar-refractivity contribution in [3.05, 3.63) is 53.9 Å². The molecule has 2 aromatic rings. The number of nitrogens with zero attached hydrogens (tertiary/aromatic N) is 1. The van der Waals surface area contributed by atoms with Crippen LogP contribution in [0.25, 0.3) is 5.69 Å². The third kappa shape index (κ3) is 2.01. The standard InChI is InChI=1S/C13H17N3/c1-10-4-6-11(7-5-10)16-8-2-3-13(16)12(15)9-14/h2-8,12H,9,14-15H2,1H3. The Morgan fingerprint density at radius 2 is 1.88 bits per heavy atom. The second kappa shape index (κ2) is 4.51. The Labute approximate surface area is 95.7 Å². The lowest BCUT2D eigenvalue weighted by molar-refractivity contribution is 0.692. The summed E-state index contributed by atoms with van der Waals surface area (Å²) in [6, 6.07) is 12.2. The van der Waals surface area contributed by atoms with Gasteiger partial charge in [-0.05, 0) is 31.2 Å². The summed E-state index contributed by atoms with van der Waals surface area (Å²) in [7, 11) is 0. The molecule has 0 bridgehead atoms. The van der Waals surface area contributed by atoms with Gasteiger partial charge in [-0.3, -0.25) is 0 Å². The number of aryl methyl sites for hydroxylation is 1. The van der Waals surface area contributed by atoms with Gasteiger partial charge in [-0.2, -0.15) is 0 Å². The van der Waals surface area contributed by atoms with Gasteiger partial charge < -0.3 is 16.0 Å². The number of hydrogen-bond donors (Lipinski definition) is 2. The van der Waals surface area contributed by atoms with Crippen molar-refractivity contribution in [1.29, 1.82) is 0 Å². The fourth-order valence-electron chi connectivity index (χ4n) is 1.76. The molecule has 84 valence electrons. The first-order chi connectivity index (χ1) is 7.72. The molecule has 3 nitrogen and oxygen atoms in total. The van der Waals surface area contributed by atoms with Crippen molar-refractivity contribution >= 4 is 0 Å². The number of nitrogens with two attached hydrogens (primary N) is 2. The zero-order chi connectivity index (χ0) is 11.5. The fraction of sp³-hybridized carbons (Fsp3) is 0.231. The van der Waals surface area contributed by atoms with Gasteiger partial charge >= 0.3 is 0 Å². The summed E-state index contributed by atoms with van der Waals surface area (Å²) in [6.07, 6.45) is 2.01. The van der Waals surface area contributed by atoms with Crippen molar-refractivity contribution in [2.24, 2.45) is 11.5 Å². The molecule has 16 heavy (non-hydrogen) atoms. The van der Waals surface area contributed by atoms with Gasteiger partial charge in [0.25, 0.3) is 0 Å². The largest absolute Gasteiger partial charge is 0.329 e. The Hall–Kier alpha value is -1.58. The van der Waals surface area contributed by atoms with Gasteiger partial charge in [0.05, 0.1) is 6.04 Å². The normalized spacial score (nSPS) is 12.7. The zero-order valence-electron chi connectivity index (χ0n) is 9.43. The molecule has 4 N–H and O–H groups in total. The third-order valence-corrected chi connectivity index (χ3v) is 2.73. The maximum Gasteiger partial charge on any atom is 0.0578 e. The topological polar surface area (TPSA) is 57.0 Å². The van der Waals surface area contributed by atoms with Crippen LogP contribution in [0.2, 0.25) is 0 Å². The van der Waals surface area contributed by atoms with Crippen LogP contribution in [0.3, 0.4) is 0 Å². The van der Waals surface area contributed by atoms with Gasteiger partial charge in [0.2, 0.25) is 0 Å². The fourth-order valence-corrected chi connectivity index (χ4v) is 1.76. The summed E-state index contributed by atoms with van der Waals surface area (Å²) in [4.78, 5) is 0. The highest BCUT2D eigenvalue weighted by molar-refractivity contribution is 5.37. The molecule has 1 atom stereocenters. The number of rotatable bonds is 3. The van der Waals surface area contributed by atoms with E-state index in [1.165, 1.54) is 5.56 Å². The second-order valence-electron chi connectivity index (χ2n) is 3.98. The molecule has 2 rings (SSSR count). The molecule has 1 aromatic carbocycles. The van der Waals surface area contributed by atoms with Crippen molar-refractivity contribution in [2.45, 2.75) is 13.0 Å². The minimum absolute atomic E-state index is 0.115. The van der Waals surface area contributed by atoms with Crippen molar-refractivity contribution < 1.29 is 0 Å². The highest BCUT2D eigenvalue weighted by atomic mass is 15.0. The van der Waals surface area contributed by atoms with Crippen LogP contribution >= 0.6 is 0 Å². The van der Waals surface area contributed by atoms with Crippen molar-refractivity contribution in [2.75, 3.05) is 6.54 Å². The molecule has 0 radical (unpaired) electrons. The van der Waals surface area contributed by atoms with Crippen LogP contribution in [0, 0.1) is 6.92 Å². The Kier molecular flexibility index (Phi) is 3.08. The first-order valence-electron chi connectivity index (χ1n) is 5.42. The highest BCUT2D eigenvalue weighted by Gasteiger charge is 2.09. The minimum atomic E-state index is -0.115. The van der Waals surface area contributed by atoms with Gasteiger partial charge in [-0.25, -0.2) is 0 Å². The Morgan fingerprint density at radius 1 is 1.19 bits per heavy atom. The smallest absolute Gasteiger partial charge is 0.0578 e. The van der Waals surface area contributed by atoms with Gasteiger partial charge in [0.1, 0.15) is 0 Å². The van der Waals surface area contributed by atoms with E-state index in [1.807, 2.05) is 18.3 Å². The van der Waals surface area contributed by atoms with E-state index in [4.69, 9.17) is 11.5 Å². The maximum atomic E-state index is 5.96. The van der Waals surface area contributed by atoms with Crippen LogP contribution in [0.5, 0.6) is 0 Å². The van der Waals surface area contributed by atoms with Gasteiger partial charge in [0.15, 0.2) is 0 Å². The molecule has 0 saturated carbocycles. The van der Waals surface area contributed by atoms with E-state index in [1.54, 1.807) is 0 Å². The lowest BCUT2D eigenvalue weighted by Crippen LogP contribution is -2.23. The molecular formula is C13H17N3. The van der Waals surface area contributed by atoms with Crippen LogP contribution in [0.4, 0.5) is 0 Å². The van der Waals surface area contributed by atoms with Gasteiger partial charge in [0, 0.05) is 24.1 Å². The van der Waals surface area contributed by atoms with Crippen molar-refractivity contribution in [1.82, 2.24) is 4.57 Å². The van der Waals surface area contributed by atoms with E-state index < -0.39 is 0 Å². The Morgan fingerprint density at radius 3 is 2.50 bits per heavy atom. The number of benzene rings is 1. The molecule has 0 fully saturated rings. The average molecular weight is 215 g/mol. The molecule has 0 aliphatic rings. The predicted molar refractivity (Wildman–Crippen MR) is 66.5 cm³/mol. The molecule has 0 amide bonds. The van der Waals surface area contributed by atoms with Crippen LogP contribution in [-0.2, 0) is 0 Å². The molecule has 1 heterocycles. The van der Waals surface area contributed by atoms with E-state index in [9.17, 15) is 0 Å². The summed E-state index contributed by atoms with van der Waals surface area (Å²) in [5, 5.41) is 0. The van der Waals surface area contributed by atoms with E-state index >= 15 is 0 Å². The van der Waals surface area contributed by atoms with Crippen LogP contribution in [0.1, 0.15) is 17.3 Å². The minimum Gasteiger partial charge on any atom is -0.329 e. The van der Waals surface area contributed by atoms with Crippen LogP contribution < -0.4 is 11.5 Å². The third-order valence-electron chi connectivity index (χ3n) is 2.73. The predicted octanol–water partition coefficient (Wildman–Crippen LogP) is 1.74. The zero-order valence-corrected chi connectivity index (χ0v) is 9.43. The summed E-state index contributed by atoms with van der Waals surface area (Å²) in [5.41, 5.74) is 15.0. The number of aromatic nitrogens is 1. The van der Waals surface area contributed by atoms with E-state index in [2.05, 4.69) is 35.8 Å². The lowest BCUT2D eigenvalue weighted by atomic mass is 10.2. The SMILES string of the molecule is Cc1ccc(-n2cccc2C(N)CN)cc1. The van der Waals surface area contributed by atoms with Crippen LogP contribution in [0.15, 0.2) is 42.6 Å². The Bertz CT molecular complexity index is 456. The molecule has 0 aliphatic heterocycles. The second-order valence-corrected chi connectivity index (χ2v) is 3.98. The number of hydrogen-bond acceptors (Lipinski definition) is 2. The molecule has 1 aromatic heterocycles. The quantitative estimate of drug-likeness (QED) is 0.819. The maximum absolute atomic E-state index is 5.96. The molecule has 0 aliphatic carbocycles. The molecule has 1 unspecified atom stereocenters. The van der Waals surface area contributed by atoms with Gasteiger partial charge in [-0.1, -0.05) is 17.7 Å². The summed E-state index contributed by atoms with van der Waals surface area (Å²) in [6.45, 7) is 2.53. The average Bonchev–Trinajstić information content (AvgIpc) is 2.78. The molecule has 0 spiro atoms. The first kappa shape index (κ1) is 10.9.